The zero-order chi connectivity index (χ0) is 51.3. The first-order valence-electron chi connectivity index (χ1n) is 28.5. The lowest BCUT2D eigenvalue weighted by Gasteiger charge is -2.19. The Hall–Kier alpha value is -3.66. The summed E-state index contributed by atoms with van der Waals surface area (Å²) in [4.78, 5) is 18.0. The van der Waals surface area contributed by atoms with E-state index in [2.05, 4.69) is 57.2 Å². The molecule has 5 aromatic heterocycles. The highest BCUT2D eigenvalue weighted by atomic mass is 32.1. The monoisotopic (exact) mass is 1080 g/mol. The molecular formula is C62H85NO5S5. The van der Waals surface area contributed by atoms with Crippen LogP contribution in [0.3, 0.4) is 0 Å². The molecule has 1 N–H and O–H groups in total. The number of carboxylic acid groups (broad SMARTS) is 1. The number of nitriles is 1. The van der Waals surface area contributed by atoms with Crippen LogP contribution in [0.25, 0.3) is 54.8 Å². The number of hydrogen-bond acceptors (Lipinski definition) is 10. The molecule has 0 saturated carbocycles. The van der Waals surface area contributed by atoms with Gasteiger partial charge in [-0.3, -0.25) is 0 Å². The number of fused-ring (bicyclic) bond motifs is 3. The van der Waals surface area contributed by atoms with Gasteiger partial charge in [0.25, 0.3) is 0 Å². The number of carboxylic acids is 1. The van der Waals surface area contributed by atoms with Crippen molar-refractivity contribution in [2.75, 3.05) is 19.8 Å². The fourth-order valence-corrected chi connectivity index (χ4v) is 15.6. The molecule has 0 aliphatic rings. The number of benzene rings is 1. The molecule has 6 rings (SSSR count). The Bertz CT molecular complexity index is 2520. The van der Waals surface area contributed by atoms with Gasteiger partial charge < -0.3 is 19.3 Å². The van der Waals surface area contributed by atoms with Crippen LogP contribution in [-0.2, 0) is 4.79 Å². The number of unbranched alkanes of at least 4 members (excludes halogenated alkanes) is 27. The van der Waals surface area contributed by atoms with Gasteiger partial charge in [-0.15, -0.1) is 56.7 Å². The van der Waals surface area contributed by atoms with E-state index in [1.807, 2.05) is 46.1 Å². The quantitative estimate of drug-likeness (QED) is 0.0234. The molecule has 0 saturated heterocycles. The molecule has 0 unspecified atom stereocenters. The highest BCUT2D eigenvalue weighted by molar-refractivity contribution is 7.40. The van der Waals surface area contributed by atoms with Crippen molar-refractivity contribution in [1.29, 1.82) is 5.26 Å². The van der Waals surface area contributed by atoms with Crippen molar-refractivity contribution < 1.29 is 24.1 Å². The minimum atomic E-state index is -1.21. The number of aliphatic carboxylic acids is 1. The van der Waals surface area contributed by atoms with Crippen LogP contribution in [0.15, 0.2) is 54.1 Å². The lowest BCUT2D eigenvalue weighted by molar-refractivity contribution is -0.132. The molecule has 0 amide bonds. The van der Waals surface area contributed by atoms with Crippen molar-refractivity contribution in [3.8, 4) is 53.3 Å². The fraction of sp³-hybridized carbons (Fsp3) is 0.581. The lowest BCUT2D eigenvalue weighted by Crippen LogP contribution is -2.06. The lowest BCUT2D eigenvalue weighted by atomic mass is 10.1. The summed E-state index contributed by atoms with van der Waals surface area (Å²) in [6.45, 7) is 8.88. The molecule has 73 heavy (non-hydrogen) atoms. The molecule has 6 aromatic rings. The van der Waals surface area contributed by atoms with E-state index in [1.165, 1.54) is 224 Å². The van der Waals surface area contributed by atoms with E-state index >= 15 is 0 Å². The molecule has 5 heterocycles. The van der Waals surface area contributed by atoms with E-state index in [-0.39, 0.29) is 5.57 Å². The number of carbonyl (C=O) groups is 1. The van der Waals surface area contributed by atoms with Crippen LogP contribution >= 0.6 is 56.7 Å². The Kier molecular flexibility index (Phi) is 27.4. The van der Waals surface area contributed by atoms with Gasteiger partial charge >= 0.3 is 5.97 Å². The van der Waals surface area contributed by atoms with Gasteiger partial charge in [-0.2, -0.15) is 5.26 Å². The Balaban J connectivity index is 1.17. The maximum absolute atomic E-state index is 11.4. The molecule has 0 aliphatic carbocycles. The summed E-state index contributed by atoms with van der Waals surface area (Å²) < 4.78 is 25.6. The first-order chi connectivity index (χ1) is 35.9. The summed E-state index contributed by atoms with van der Waals surface area (Å²) in [6.07, 6.45) is 40.2. The summed E-state index contributed by atoms with van der Waals surface area (Å²) in [7, 11) is 0. The van der Waals surface area contributed by atoms with Crippen LogP contribution < -0.4 is 14.2 Å². The molecule has 0 spiro atoms. The van der Waals surface area contributed by atoms with Gasteiger partial charge in [-0.25, -0.2) is 4.79 Å². The highest BCUT2D eigenvalue weighted by Gasteiger charge is 2.21. The van der Waals surface area contributed by atoms with Crippen LogP contribution in [0.2, 0.25) is 0 Å². The molecule has 398 valence electrons. The molecule has 11 heteroatoms. The number of rotatable bonds is 41. The maximum atomic E-state index is 11.4. The number of hydrogen-bond donors (Lipinski definition) is 1. The van der Waals surface area contributed by atoms with Crippen molar-refractivity contribution in [2.45, 2.75) is 213 Å². The molecule has 0 aliphatic heterocycles. The van der Waals surface area contributed by atoms with E-state index < -0.39 is 5.97 Å². The number of nitrogens with zero attached hydrogens (tertiary/aromatic N) is 1. The smallest absolute Gasteiger partial charge is 0.346 e. The fourth-order valence-electron chi connectivity index (χ4n) is 9.43. The Morgan fingerprint density at radius 3 is 1.30 bits per heavy atom. The number of thiophene rings is 5. The van der Waals surface area contributed by atoms with Gasteiger partial charge in [0, 0.05) is 38.7 Å². The summed E-state index contributed by atoms with van der Waals surface area (Å²) >= 11 is 8.83. The second-order valence-electron chi connectivity index (χ2n) is 19.9. The van der Waals surface area contributed by atoms with Crippen molar-refractivity contribution in [1.82, 2.24) is 0 Å². The van der Waals surface area contributed by atoms with Crippen molar-refractivity contribution in [2.24, 2.45) is 0 Å². The zero-order valence-corrected chi connectivity index (χ0v) is 48.7. The summed E-state index contributed by atoms with van der Waals surface area (Å²) in [6, 6.07) is 19.2. The first-order valence-corrected chi connectivity index (χ1v) is 32.6. The molecule has 0 bridgehead atoms. The topological polar surface area (TPSA) is 88.8 Å². The Labute approximate surface area is 459 Å². The summed E-state index contributed by atoms with van der Waals surface area (Å²) in [5.41, 5.74) is 0.864. The Morgan fingerprint density at radius 2 is 0.849 bits per heavy atom. The van der Waals surface area contributed by atoms with E-state index in [0.717, 1.165) is 56.7 Å². The van der Waals surface area contributed by atoms with Crippen molar-refractivity contribution in [3.63, 3.8) is 0 Å². The maximum Gasteiger partial charge on any atom is 0.346 e. The van der Waals surface area contributed by atoms with Gasteiger partial charge in [0.15, 0.2) is 11.5 Å². The molecule has 0 radical (unpaired) electrons. The van der Waals surface area contributed by atoms with Gasteiger partial charge in [-0.05, 0) is 79.4 Å². The van der Waals surface area contributed by atoms with Gasteiger partial charge in [0.05, 0.1) is 29.2 Å². The van der Waals surface area contributed by atoms with Crippen LogP contribution in [0, 0.1) is 11.3 Å². The third kappa shape index (κ3) is 19.8. The SMILES string of the molecule is CCCCCCCCCCCCOc1cc(-c2cc3sc4cc(-c5ccc(-c6ccc(/C=C(\C#N)C(=O)O)s6)s5)sc4c3s2)cc(OCCCCCCCCCCCC)c1OCCCCCCCCCCCC. The van der Waals surface area contributed by atoms with Crippen LogP contribution in [0.1, 0.15) is 218 Å². The zero-order valence-electron chi connectivity index (χ0n) is 44.6. The number of ether oxygens (including phenoxy) is 3. The van der Waals surface area contributed by atoms with E-state index in [1.54, 1.807) is 17.4 Å². The standard InChI is InChI=1S/C62H85NO5S5/c1-4-7-10-13-16-19-22-25-28-31-38-66-50-42-47(43-51(67-39-32-29-26-23-20-17-14-11-8-5-2)59(50)68-40-33-30-27-24-21-18-15-12-9-6-3)55-44-57-60(72-55)61-58(71-57)45-56(73-61)54-37-36-53(70-54)52-35-34-49(69-52)41-48(46-63)62(64)65/h34-37,41-45H,4-33,38-40H2,1-3H3,(H,64,65)/b48-41+. The first kappa shape index (κ1) is 58.6. The van der Waals surface area contributed by atoms with Crippen LogP contribution in [0.4, 0.5) is 0 Å². The average molecular weight is 1080 g/mol. The Morgan fingerprint density at radius 1 is 0.466 bits per heavy atom. The second kappa shape index (κ2) is 34.1. The van der Waals surface area contributed by atoms with Crippen LogP contribution in [0.5, 0.6) is 17.2 Å². The van der Waals surface area contributed by atoms with Gasteiger partial charge in [0.2, 0.25) is 5.75 Å². The molecule has 0 fully saturated rings. The van der Waals surface area contributed by atoms with Crippen molar-refractivity contribution >= 4 is 87.5 Å². The predicted octanol–water partition coefficient (Wildman–Crippen LogP) is 22.2. The van der Waals surface area contributed by atoms with Crippen LogP contribution in [-0.4, -0.2) is 30.9 Å². The summed E-state index contributed by atoms with van der Waals surface area (Å²) in [5.74, 6) is 1.20. The second-order valence-corrected chi connectivity index (χ2v) is 25.3. The third-order valence-corrected chi connectivity index (χ3v) is 20.1. The van der Waals surface area contributed by atoms with Gasteiger partial charge in [0.1, 0.15) is 11.6 Å². The largest absolute Gasteiger partial charge is 0.490 e. The van der Waals surface area contributed by atoms with E-state index in [9.17, 15) is 15.2 Å². The minimum absolute atomic E-state index is 0.260. The van der Waals surface area contributed by atoms with E-state index in [0.29, 0.717) is 19.8 Å². The van der Waals surface area contributed by atoms with Crippen molar-refractivity contribution in [3.05, 3.63) is 59.0 Å². The van der Waals surface area contributed by atoms with E-state index in [4.69, 9.17) is 14.2 Å². The predicted molar refractivity (Wildman–Crippen MR) is 320 cm³/mol. The molecule has 1 aromatic carbocycles. The normalized spacial score (nSPS) is 11.8. The third-order valence-electron chi connectivity index (χ3n) is 13.7. The molecule has 6 nitrogen and oxygen atoms in total. The minimum Gasteiger partial charge on any atom is -0.490 e. The summed E-state index contributed by atoms with van der Waals surface area (Å²) in [5, 5.41) is 18.6. The van der Waals surface area contributed by atoms with Gasteiger partial charge in [-0.1, -0.05) is 194 Å². The molecule has 0 atom stereocenters. The highest BCUT2D eigenvalue weighted by Crippen LogP contribution is 2.51. The molecular weight excluding hydrogens is 999 g/mol. The average Bonchev–Trinajstić information content (AvgIpc) is 4.25.